The highest BCUT2D eigenvalue weighted by Crippen LogP contribution is 2.36. The molecule has 0 saturated heterocycles. The van der Waals surface area contributed by atoms with Gasteiger partial charge in [-0.05, 0) is 43.0 Å². The minimum Gasteiger partial charge on any atom is -0.384 e. The second-order valence-electron chi connectivity index (χ2n) is 5.39. The molecule has 1 heterocycles. The van der Waals surface area contributed by atoms with Gasteiger partial charge >= 0.3 is 6.18 Å². The molecule has 3 rings (SSSR count). The van der Waals surface area contributed by atoms with Crippen molar-refractivity contribution in [2.45, 2.75) is 36.4 Å². The molecule has 116 valence electrons. The van der Waals surface area contributed by atoms with E-state index < -0.39 is 28.8 Å². The molecule has 1 aromatic carbocycles. The van der Waals surface area contributed by atoms with E-state index >= 15 is 0 Å². The van der Waals surface area contributed by atoms with Crippen molar-refractivity contribution in [3.05, 3.63) is 23.8 Å². The molecule has 21 heavy (non-hydrogen) atoms. The van der Waals surface area contributed by atoms with Gasteiger partial charge in [0, 0.05) is 18.3 Å². The SMILES string of the molecule is O=S(=O)(c1ccc2c(c1)CCN2)N(CC(F)(F)F)C1CC1. The molecule has 1 saturated carbocycles. The molecule has 0 aromatic heterocycles. The molecular weight excluding hydrogens is 305 g/mol. The van der Waals surface area contributed by atoms with Crippen LogP contribution in [-0.2, 0) is 16.4 Å². The minimum absolute atomic E-state index is 0.0545. The van der Waals surface area contributed by atoms with Gasteiger partial charge in [0.2, 0.25) is 10.0 Å². The van der Waals surface area contributed by atoms with Crippen LogP contribution in [0.25, 0.3) is 0 Å². The van der Waals surface area contributed by atoms with Gasteiger partial charge in [0.25, 0.3) is 0 Å². The third kappa shape index (κ3) is 3.01. The monoisotopic (exact) mass is 320 g/mol. The number of sulfonamides is 1. The predicted octanol–water partition coefficient (Wildman–Crippen LogP) is 2.37. The Morgan fingerprint density at radius 1 is 1.29 bits per heavy atom. The van der Waals surface area contributed by atoms with Crippen molar-refractivity contribution >= 4 is 15.7 Å². The number of anilines is 1. The fourth-order valence-corrected chi connectivity index (χ4v) is 4.25. The number of fused-ring (bicyclic) bond motifs is 1. The van der Waals surface area contributed by atoms with Gasteiger partial charge in [-0.3, -0.25) is 0 Å². The summed E-state index contributed by atoms with van der Waals surface area (Å²) in [6, 6.07) is 3.95. The Bertz CT molecular complexity index is 654. The van der Waals surface area contributed by atoms with Crippen LogP contribution in [0, 0.1) is 0 Å². The lowest BCUT2D eigenvalue weighted by atomic mass is 10.2. The van der Waals surface area contributed by atoms with Crippen LogP contribution in [0.15, 0.2) is 23.1 Å². The smallest absolute Gasteiger partial charge is 0.384 e. The van der Waals surface area contributed by atoms with Crippen LogP contribution in [0.3, 0.4) is 0 Å². The van der Waals surface area contributed by atoms with E-state index in [1.54, 1.807) is 6.07 Å². The van der Waals surface area contributed by atoms with Gasteiger partial charge in [-0.1, -0.05) is 0 Å². The van der Waals surface area contributed by atoms with Crippen LogP contribution in [0.2, 0.25) is 0 Å². The van der Waals surface area contributed by atoms with Gasteiger partial charge < -0.3 is 5.32 Å². The van der Waals surface area contributed by atoms with E-state index in [2.05, 4.69) is 5.32 Å². The number of nitrogens with one attached hydrogen (secondary N) is 1. The largest absolute Gasteiger partial charge is 0.402 e. The maximum absolute atomic E-state index is 12.6. The lowest BCUT2D eigenvalue weighted by Gasteiger charge is -2.23. The van der Waals surface area contributed by atoms with Gasteiger partial charge in [-0.2, -0.15) is 17.5 Å². The number of rotatable bonds is 4. The first-order valence-corrected chi connectivity index (χ1v) is 8.17. The number of alkyl halides is 3. The van der Waals surface area contributed by atoms with E-state index in [-0.39, 0.29) is 4.90 Å². The Kier molecular flexibility index (Phi) is 3.40. The number of hydrogen-bond acceptors (Lipinski definition) is 3. The molecule has 1 aliphatic heterocycles. The average Bonchev–Trinajstić information content (AvgIpc) is 3.11. The normalized spacial score (nSPS) is 18.7. The Labute approximate surface area is 121 Å². The average molecular weight is 320 g/mol. The summed E-state index contributed by atoms with van der Waals surface area (Å²) in [5, 5.41) is 3.09. The van der Waals surface area contributed by atoms with Crippen molar-refractivity contribution in [3.8, 4) is 0 Å². The van der Waals surface area contributed by atoms with Crippen molar-refractivity contribution in [1.82, 2.24) is 4.31 Å². The van der Waals surface area contributed by atoms with Crippen molar-refractivity contribution in [2.24, 2.45) is 0 Å². The first-order chi connectivity index (χ1) is 9.77. The van der Waals surface area contributed by atoms with Gasteiger partial charge in [0.05, 0.1) is 4.90 Å². The van der Waals surface area contributed by atoms with E-state index in [0.717, 1.165) is 11.3 Å². The molecule has 0 bridgehead atoms. The molecule has 1 aromatic rings. The van der Waals surface area contributed by atoms with Crippen molar-refractivity contribution in [2.75, 3.05) is 18.4 Å². The summed E-state index contributed by atoms with van der Waals surface area (Å²) in [6.07, 6.45) is -2.88. The third-order valence-corrected chi connectivity index (χ3v) is 5.58. The number of halogens is 3. The maximum atomic E-state index is 12.6. The van der Waals surface area contributed by atoms with E-state index in [1.165, 1.54) is 12.1 Å². The summed E-state index contributed by atoms with van der Waals surface area (Å²) in [7, 11) is -4.11. The van der Waals surface area contributed by atoms with Crippen LogP contribution < -0.4 is 5.32 Å². The van der Waals surface area contributed by atoms with Crippen LogP contribution >= 0.6 is 0 Å². The Hall–Kier alpha value is -1.28. The van der Waals surface area contributed by atoms with Gasteiger partial charge in [0.1, 0.15) is 6.54 Å². The lowest BCUT2D eigenvalue weighted by molar-refractivity contribution is -0.137. The first kappa shape index (κ1) is 14.6. The quantitative estimate of drug-likeness (QED) is 0.926. The molecular formula is C13H15F3N2O2S. The van der Waals surface area contributed by atoms with Crippen LogP contribution in [0.5, 0.6) is 0 Å². The van der Waals surface area contributed by atoms with E-state index in [0.29, 0.717) is 30.1 Å². The highest BCUT2D eigenvalue weighted by molar-refractivity contribution is 7.89. The highest BCUT2D eigenvalue weighted by atomic mass is 32.2. The molecule has 1 N–H and O–H groups in total. The Balaban J connectivity index is 1.94. The number of hydrogen-bond donors (Lipinski definition) is 1. The predicted molar refractivity (Wildman–Crippen MR) is 71.6 cm³/mol. The summed E-state index contributed by atoms with van der Waals surface area (Å²) in [5.41, 5.74) is 1.68. The molecule has 2 aliphatic rings. The molecule has 0 spiro atoms. The third-order valence-electron chi connectivity index (χ3n) is 3.68. The van der Waals surface area contributed by atoms with Crippen LogP contribution in [-0.4, -0.2) is 38.0 Å². The summed E-state index contributed by atoms with van der Waals surface area (Å²) in [5.74, 6) is 0. The fraction of sp³-hybridized carbons (Fsp3) is 0.538. The molecule has 1 fully saturated rings. The summed E-state index contributed by atoms with van der Waals surface area (Å²) < 4.78 is 63.5. The van der Waals surface area contributed by atoms with Gasteiger partial charge in [0.15, 0.2) is 0 Å². The molecule has 4 nitrogen and oxygen atoms in total. The molecule has 0 radical (unpaired) electrons. The molecule has 0 unspecified atom stereocenters. The standard InChI is InChI=1S/C13H15F3N2O2S/c14-13(15,16)8-18(10-1-2-10)21(19,20)11-3-4-12-9(7-11)5-6-17-12/h3-4,7,10,17H,1-2,5-6,8H2. The Morgan fingerprint density at radius 3 is 2.62 bits per heavy atom. The minimum atomic E-state index is -4.53. The summed E-state index contributed by atoms with van der Waals surface area (Å²) in [4.78, 5) is -0.0545. The Morgan fingerprint density at radius 2 is 2.00 bits per heavy atom. The number of nitrogens with zero attached hydrogens (tertiary/aromatic N) is 1. The first-order valence-electron chi connectivity index (χ1n) is 6.73. The zero-order valence-electron chi connectivity index (χ0n) is 11.2. The topological polar surface area (TPSA) is 49.4 Å². The zero-order valence-corrected chi connectivity index (χ0v) is 12.0. The van der Waals surface area contributed by atoms with Crippen molar-refractivity contribution in [3.63, 3.8) is 0 Å². The van der Waals surface area contributed by atoms with E-state index in [4.69, 9.17) is 0 Å². The highest BCUT2D eigenvalue weighted by Gasteiger charge is 2.44. The molecule has 0 amide bonds. The lowest BCUT2D eigenvalue weighted by Crippen LogP contribution is -2.40. The molecule has 8 heteroatoms. The van der Waals surface area contributed by atoms with E-state index in [1.807, 2.05) is 0 Å². The molecule has 1 aliphatic carbocycles. The van der Waals surface area contributed by atoms with Crippen molar-refractivity contribution < 1.29 is 21.6 Å². The zero-order chi connectivity index (χ0) is 15.3. The second-order valence-corrected chi connectivity index (χ2v) is 7.28. The van der Waals surface area contributed by atoms with Crippen molar-refractivity contribution in [1.29, 1.82) is 0 Å². The summed E-state index contributed by atoms with van der Waals surface area (Å²) >= 11 is 0. The van der Waals surface area contributed by atoms with E-state index in [9.17, 15) is 21.6 Å². The van der Waals surface area contributed by atoms with Crippen LogP contribution in [0.4, 0.5) is 18.9 Å². The van der Waals surface area contributed by atoms with Crippen LogP contribution in [0.1, 0.15) is 18.4 Å². The molecule has 0 atom stereocenters. The van der Waals surface area contributed by atoms with Gasteiger partial charge in [-0.15, -0.1) is 0 Å². The maximum Gasteiger partial charge on any atom is 0.402 e. The number of benzene rings is 1. The fourth-order valence-electron chi connectivity index (χ4n) is 2.53. The summed E-state index contributed by atoms with van der Waals surface area (Å²) in [6.45, 7) is -0.705. The second kappa shape index (κ2) is 4.88. The van der Waals surface area contributed by atoms with Gasteiger partial charge in [-0.25, -0.2) is 8.42 Å².